The van der Waals surface area contributed by atoms with Gasteiger partial charge in [-0.25, -0.2) is 9.59 Å². The Morgan fingerprint density at radius 1 is 1.26 bits per heavy atom. The van der Waals surface area contributed by atoms with Crippen molar-refractivity contribution in [2.24, 2.45) is 5.41 Å². The molecule has 0 radical (unpaired) electrons. The molecule has 2 aromatic rings. The molecule has 1 atom stereocenters. The number of halogens is 1. The minimum atomic E-state index is -1.03. The summed E-state index contributed by atoms with van der Waals surface area (Å²) < 4.78 is 6.45. The zero-order chi connectivity index (χ0) is 23.0. The highest BCUT2D eigenvalue weighted by molar-refractivity contribution is 9.10. The van der Waals surface area contributed by atoms with Crippen molar-refractivity contribution in [2.75, 3.05) is 5.32 Å². The maximum absolute atomic E-state index is 12.6. The van der Waals surface area contributed by atoms with E-state index in [0.29, 0.717) is 34.1 Å². The average Bonchev–Trinajstić information content (AvgIpc) is 2.72. The Labute approximate surface area is 189 Å². The maximum Gasteiger partial charge on any atom is 0.412 e. The molecule has 2 rings (SSSR count). The van der Waals surface area contributed by atoms with Gasteiger partial charge in [0.25, 0.3) is 0 Å². The number of phenols is 1. The highest BCUT2D eigenvalue weighted by Gasteiger charge is 2.35. The molecule has 0 spiro atoms. The van der Waals surface area contributed by atoms with E-state index in [1.807, 2.05) is 19.9 Å². The number of benzene rings is 2. The van der Waals surface area contributed by atoms with Gasteiger partial charge in [0.05, 0.1) is 11.6 Å². The largest absolute Gasteiger partial charge is 0.508 e. The summed E-state index contributed by atoms with van der Waals surface area (Å²) in [5, 5.41) is 30.7. The standard InChI is InChI=1S/C23H23BrN2O5/c1-23(2,12-4-3-5-20(28)29)21(18-13-16(24)8-11-19(18)27)31-22(30)26-17-9-6-15(14-25)7-10-17/h3,5-11,13,21,27H,4,12H2,1-2H3,(H,26,30)(H,28,29)/b5-3+/t21-/m0/s1. The molecule has 162 valence electrons. The fourth-order valence-corrected chi connectivity index (χ4v) is 3.41. The highest BCUT2D eigenvalue weighted by Crippen LogP contribution is 2.44. The summed E-state index contributed by atoms with van der Waals surface area (Å²) in [6.45, 7) is 3.75. The number of carboxylic acid groups (broad SMARTS) is 1. The van der Waals surface area contributed by atoms with Gasteiger partial charge in [-0.05, 0) is 55.3 Å². The van der Waals surface area contributed by atoms with Gasteiger partial charge in [0.1, 0.15) is 11.9 Å². The van der Waals surface area contributed by atoms with E-state index in [4.69, 9.17) is 15.1 Å². The first-order chi connectivity index (χ1) is 14.6. The molecule has 0 bridgehead atoms. The average molecular weight is 487 g/mol. The first kappa shape index (κ1) is 24.0. The number of nitriles is 1. The molecule has 0 fully saturated rings. The molecule has 0 saturated heterocycles. The number of hydrogen-bond donors (Lipinski definition) is 3. The third-order valence-electron chi connectivity index (χ3n) is 4.68. The topological polar surface area (TPSA) is 120 Å². The second-order valence-electron chi connectivity index (χ2n) is 7.57. The molecule has 8 heteroatoms. The predicted molar refractivity (Wildman–Crippen MR) is 120 cm³/mol. The van der Waals surface area contributed by atoms with Crippen LogP contribution in [0.3, 0.4) is 0 Å². The monoisotopic (exact) mass is 486 g/mol. The Bertz CT molecular complexity index is 1010. The molecule has 0 aliphatic heterocycles. The number of carboxylic acids is 1. The Kier molecular flexibility index (Phi) is 8.22. The summed E-state index contributed by atoms with van der Waals surface area (Å²) in [5.41, 5.74) is 0.717. The molecule has 0 aromatic heterocycles. The normalized spacial score (nSPS) is 12.2. The molecule has 7 nitrogen and oxygen atoms in total. The lowest BCUT2D eigenvalue weighted by Crippen LogP contribution is -2.29. The number of hydrogen-bond acceptors (Lipinski definition) is 5. The number of rotatable bonds is 8. The second-order valence-corrected chi connectivity index (χ2v) is 8.49. The van der Waals surface area contributed by atoms with Crippen LogP contribution >= 0.6 is 15.9 Å². The third kappa shape index (κ3) is 7.15. The van der Waals surface area contributed by atoms with Gasteiger partial charge in [0.2, 0.25) is 0 Å². The van der Waals surface area contributed by atoms with E-state index in [0.717, 1.165) is 6.08 Å². The lowest BCUT2D eigenvalue weighted by molar-refractivity contribution is -0.131. The predicted octanol–water partition coefficient (Wildman–Crippen LogP) is 5.76. The molecule has 31 heavy (non-hydrogen) atoms. The summed E-state index contributed by atoms with van der Waals surface area (Å²) in [6, 6.07) is 13.2. The van der Waals surface area contributed by atoms with Crippen LogP contribution in [0.25, 0.3) is 0 Å². The van der Waals surface area contributed by atoms with Gasteiger partial charge >= 0.3 is 12.1 Å². The van der Waals surface area contributed by atoms with E-state index >= 15 is 0 Å². The highest BCUT2D eigenvalue weighted by atomic mass is 79.9. The minimum Gasteiger partial charge on any atom is -0.508 e. The number of nitrogens with zero attached hydrogens (tertiary/aromatic N) is 1. The minimum absolute atomic E-state index is 0.0199. The Morgan fingerprint density at radius 2 is 1.94 bits per heavy atom. The molecule has 0 aliphatic carbocycles. The van der Waals surface area contributed by atoms with Crippen molar-refractivity contribution >= 4 is 33.7 Å². The first-order valence-corrected chi connectivity index (χ1v) is 10.3. The van der Waals surface area contributed by atoms with Crippen molar-refractivity contribution in [2.45, 2.75) is 32.8 Å². The van der Waals surface area contributed by atoms with Crippen molar-refractivity contribution in [1.29, 1.82) is 5.26 Å². The smallest absolute Gasteiger partial charge is 0.412 e. The zero-order valence-corrected chi connectivity index (χ0v) is 18.7. The van der Waals surface area contributed by atoms with Crippen LogP contribution in [-0.2, 0) is 9.53 Å². The quantitative estimate of drug-likeness (QED) is 0.407. The molecule has 0 saturated carbocycles. The Hall–Kier alpha value is -3.31. The zero-order valence-electron chi connectivity index (χ0n) is 17.1. The molecule has 1 amide bonds. The van der Waals surface area contributed by atoms with Crippen LogP contribution < -0.4 is 5.32 Å². The number of nitrogens with one attached hydrogen (secondary N) is 1. The molecule has 0 unspecified atom stereocenters. The summed E-state index contributed by atoms with van der Waals surface area (Å²) in [6.07, 6.45) is 2.02. The number of aliphatic carboxylic acids is 1. The third-order valence-corrected chi connectivity index (χ3v) is 5.18. The van der Waals surface area contributed by atoms with E-state index < -0.39 is 23.6 Å². The summed E-state index contributed by atoms with van der Waals surface area (Å²) in [4.78, 5) is 23.3. The number of allylic oxidation sites excluding steroid dienone is 1. The number of amides is 1. The van der Waals surface area contributed by atoms with Gasteiger partial charge in [-0.3, -0.25) is 5.32 Å². The van der Waals surface area contributed by atoms with Gasteiger partial charge in [-0.15, -0.1) is 0 Å². The van der Waals surface area contributed by atoms with Crippen molar-refractivity contribution in [3.05, 3.63) is 70.2 Å². The van der Waals surface area contributed by atoms with Crippen LogP contribution in [0.4, 0.5) is 10.5 Å². The van der Waals surface area contributed by atoms with E-state index in [-0.39, 0.29) is 5.75 Å². The summed E-state index contributed by atoms with van der Waals surface area (Å²) in [7, 11) is 0. The number of aromatic hydroxyl groups is 1. The van der Waals surface area contributed by atoms with Crippen LogP contribution in [0.15, 0.2) is 59.1 Å². The molecule has 0 aliphatic rings. The van der Waals surface area contributed by atoms with Crippen LogP contribution in [0.5, 0.6) is 5.75 Å². The Morgan fingerprint density at radius 3 is 2.55 bits per heavy atom. The van der Waals surface area contributed by atoms with E-state index in [9.17, 15) is 14.7 Å². The molecule has 2 aromatic carbocycles. The Balaban J connectivity index is 2.26. The SMILES string of the molecule is CC(C)(CC/C=C/C(=O)O)[C@@H](OC(=O)Nc1ccc(C#N)cc1)c1cc(Br)ccc1O. The maximum atomic E-state index is 12.6. The van der Waals surface area contributed by atoms with Crippen molar-refractivity contribution in [3.63, 3.8) is 0 Å². The molecular formula is C23H23BrN2O5. The van der Waals surface area contributed by atoms with E-state index in [2.05, 4.69) is 21.2 Å². The van der Waals surface area contributed by atoms with Crippen molar-refractivity contribution < 1.29 is 24.5 Å². The van der Waals surface area contributed by atoms with E-state index in [1.54, 1.807) is 42.5 Å². The van der Waals surface area contributed by atoms with E-state index in [1.165, 1.54) is 6.07 Å². The lowest BCUT2D eigenvalue weighted by atomic mass is 9.78. The summed E-state index contributed by atoms with van der Waals surface area (Å²) >= 11 is 3.37. The number of ether oxygens (including phenoxy) is 1. The lowest BCUT2D eigenvalue weighted by Gasteiger charge is -2.34. The number of carbonyl (C=O) groups excluding carboxylic acids is 1. The fraction of sp³-hybridized carbons (Fsp3) is 0.261. The van der Waals surface area contributed by atoms with Gasteiger partial charge in [-0.1, -0.05) is 35.9 Å². The van der Waals surface area contributed by atoms with Gasteiger partial charge < -0.3 is 14.9 Å². The van der Waals surface area contributed by atoms with Crippen LogP contribution in [0, 0.1) is 16.7 Å². The number of carbonyl (C=O) groups is 2. The van der Waals surface area contributed by atoms with Crippen LogP contribution in [0.1, 0.15) is 43.9 Å². The van der Waals surface area contributed by atoms with Gasteiger partial charge in [-0.2, -0.15) is 5.26 Å². The van der Waals surface area contributed by atoms with Crippen molar-refractivity contribution in [3.8, 4) is 11.8 Å². The number of anilines is 1. The summed E-state index contributed by atoms with van der Waals surface area (Å²) in [5.74, 6) is -1.05. The molecular weight excluding hydrogens is 464 g/mol. The second kappa shape index (κ2) is 10.6. The van der Waals surface area contributed by atoms with Crippen molar-refractivity contribution in [1.82, 2.24) is 0 Å². The molecule has 3 N–H and O–H groups in total. The van der Waals surface area contributed by atoms with Crippen LogP contribution in [0.2, 0.25) is 0 Å². The van der Waals surface area contributed by atoms with Gasteiger partial charge in [0, 0.05) is 27.2 Å². The first-order valence-electron chi connectivity index (χ1n) is 9.48. The van der Waals surface area contributed by atoms with Gasteiger partial charge in [0.15, 0.2) is 0 Å². The number of phenolic OH excluding ortho intramolecular Hbond substituents is 1. The fourth-order valence-electron chi connectivity index (χ4n) is 3.03. The van der Waals surface area contributed by atoms with Crippen LogP contribution in [-0.4, -0.2) is 22.3 Å². The molecule has 0 heterocycles.